The van der Waals surface area contributed by atoms with Gasteiger partial charge in [0, 0.05) is 25.2 Å². The number of non-ortho nitro benzene ring substituents is 1. The van der Waals surface area contributed by atoms with E-state index in [1.54, 1.807) is 0 Å². The Morgan fingerprint density at radius 3 is 2.50 bits per heavy atom. The van der Waals surface area contributed by atoms with Gasteiger partial charge in [-0.15, -0.1) is 0 Å². The highest BCUT2D eigenvalue weighted by Crippen LogP contribution is 2.39. The van der Waals surface area contributed by atoms with E-state index in [1.807, 2.05) is 0 Å². The van der Waals surface area contributed by atoms with Crippen LogP contribution in [0.4, 0.5) is 11.4 Å². The summed E-state index contributed by atoms with van der Waals surface area (Å²) in [7, 11) is 0. The summed E-state index contributed by atoms with van der Waals surface area (Å²) in [6.07, 6.45) is 2.28. The van der Waals surface area contributed by atoms with Gasteiger partial charge in [-0.3, -0.25) is 10.1 Å². The molecule has 2 rings (SSSR count). The van der Waals surface area contributed by atoms with Gasteiger partial charge in [-0.2, -0.15) is 0 Å². The third-order valence-corrected chi connectivity index (χ3v) is 3.76. The van der Waals surface area contributed by atoms with Crippen LogP contribution in [0.1, 0.15) is 19.8 Å². The summed E-state index contributed by atoms with van der Waals surface area (Å²) in [6.45, 7) is 3.96. The van der Waals surface area contributed by atoms with Crippen molar-refractivity contribution in [3.63, 3.8) is 0 Å². The second-order valence-corrected chi connectivity index (χ2v) is 5.52. The van der Waals surface area contributed by atoms with Crippen LogP contribution in [0.15, 0.2) is 12.1 Å². The average molecular weight is 289 g/mol. The minimum Gasteiger partial charge on any atom is -0.369 e. The summed E-state index contributed by atoms with van der Waals surface area (Å²) in [5.74, 6) is 0.584. The van der Waals surface area contributed by atoms with Gasteiger partial charge in [0.15, 0.2) is 0 Å². The van der Waals surface area contributed by atoms with E-state index in [-0.39, 0.29) is 5.69 Å². The highest BCUT2D eigenvalue weighted by atomic mass is 35.5. The molecule has 1 atom stereocenters. The lowest BCUT2D eigenvalue weighted by molar-refractivity contribution is -0.384. The quantitative estimate of drug-likeness (QED) is 0.607. The number of nitrogens with zero attached hydrogens (tertiary/aromatic N) is 2. The van der Waals surface area contributed by atoms with Crippen LogP contribution in [0.25, 0.3) is 0 Å². The van der Waals surface area contributed by atoms with Gasteiger partial charge >= 0.3 is 0 Å². The molecule has 98 valence electrons. The molecule has 0 N–H and O–H groups in total. The second kappa shape index (κ2) is 5.33. The lowest BCUT2D eigenvalue weighted by Gasteiger charge is -2.33. The summed E-state index contributed by atoms with van der Waals surface area (Å²) < 4.78 is 0. The zero-order valence-corrected chi connectivity index (χ0v) is 11.5. The van der Waals surface area contributed by atoms with Gasteiger partial charge in [0.2, 0.25) is 0 Å². The third kappa shape index (κ3) is 2.70. The fourth-order valence-electron chi connectivity index (χ4n) is 2.35. The largest absolute Gasteiger partial charge is 0.369 e. The first-order valence-corrected chi connectivity index (χ1v) is 6.63. The molecule has 1 aromatic rings. The predicted octanol–water partition coefficient (Wildman–Crippen LogP) is 4.14. The number of rotatable bonds is 2. The van der Waals surface area contributed by atoms with Crippen molar-refractivity contribution in [1.29, 1.82) is 0 Å². The number of piperidine rings is 1. The molecular weight excluding hydrogens is 275 g/mol. The smallest absolute Gasteiger partial charge is 0.272 e. The van der Waals surface area contributed by atoms with E-state index < -0.39 is 4.92 Å². The van der Waals surface area contributed by atoms with E-state index in [9.17, 15) is 10.1 Å². The number of nitro groups is 1. The highest BCUT2D eigenvalue weighted by molar-refractivity contribution is 6.39. The topological polar surface area (TPSA) is 46.4 Å². The first-order valence-electron chi connectivity index (χ1n) is 5.87. The maximum atomic E-state index is 10.7. The number of anilines is 1. The summed E-state index contributed by atoms with van der Waals surface area (Å²) in [5.41, 5.74) is 0.647. The standard InChI is InChI=1S/C12H14Cl2N2O2/c1-8-3-2-4-15(7-8)12-10(13)5-9(16(17)18)6-11(12)14/h5-6,8H,2-4,7H2,1H3. The van der Waals surface area contributed by atoms with Crippen LogP contribution >= 0.6 is 23.2 Å². The number of hydrogen-bond acceptors (Lipinski definition) is 3. The van der Waals surface area contributed by atoms with Crippen LogP contribution in [0.3, 0.4) is 0 Å². The number of benzene rings is 1. The number of halogens is 2. The molecule has 1 fully saturated rings. The summed E-state index contributed by atoms with van der Waals surface area (Å²) in [6, 6.07) is 2.73. The Bertz CT molecular complexity index is 456. The zero-order chi connectivity index (χ0) is 13.3. The van der Waals surface area contributed by atoms with Gasteiger partial charge in [-0.1, -0.05) is 30.1 Å². The molecule has 0 bridgehead atoms. The van der Waals surface area contributed by atoms with Gasteiger partial charge in [0.25, 0.3) is 5.69 Å². The molecule has 0 radical (unpaired) electrons. The van der Waals surface area contributed by atoms with Crippen molar-refractivity contribution in [2.75, 3.05) is 18.0 Å². The molecule has 0 saturated carbocycles. The Morgan fingerprint density at radius 1 is 1.39 bits per heavy atom. The molecule has 18 heavy (non-hydrogen) atoms. The van der Waals surface area contributed by atoms with Crippen LogP contribution in [-0.2, 0) is 0 Å². The van der Waals surface area contributed by atoms with Crippen LogP contribution in [0, 0.1) is 16.0 Å². The maximum Gasteiger partial charge on any atom is 0.272 e. The van der Waals surface area contributed by atoms with Crippen molar-refractivity contribution in [2.24, 2.45) is 5.92 Å². The molecule has 0 aliphatic carbocycles. The molecule has 1 saturated heterocycles. The van der Waals surface area contributed by atoms with E-state index in [2.05, 4.69) is 11.8 Å². The van der Waals surface area contributed by atoms with Gasteiger partial charge < -0.3 is 4.90 Å². The lowest BCUT2D eigenvalue weighted by Crippen LogP contribution is -2.34. The van der Waals surface area contributed by atoms with E-state index in [0.717, 1.165) is 25.2 Å². The van der Waals surface area contributed by atoms with Crippen molar-refractivity contribution < 1.29 is 4.92 Å². The predicted molar refractivity (Wildman–Crippen MR) is 73.7 cm³/mol. The SMILES string of the molecule is CC1CCCN(c2c(Cl)cc([N+](=O)[O-])cc2Cl)C1. The Hall–Kier alpha value is -1.00. The van der Waals surface area contributed by atoms with Crippen LogP contribution in [0.5, 0.6) is 0 Å². The molecule has 4 nitrogen and oxygen atoms in total. The molecule has 1 aliphatic heterocycles. The Labute approximate surface area is 116 Å². The van der Waals surface area contributed by atoms with Crippen molar-refractivity contribution in [1.82, 2.24) is 0 Å². The van der Waals surface area contributed by atoms with Gasteiger partial charge in [0.1, 0.15) is 0 Å². The first-order chi connectivity index (χ1) is 8.49. The van der Waals surface area contributed by atoms with E-state index in [1.165, 1.54) is 18.6 Å². The van der Waals surface area contributed by atoms with Crippen molar-refractivity contribution in [2.45, 2.75) is 19.8 Å². The first kappa shape index (κ1) is 13.4. The Morgan fingerprint density at radius 2 is 2.00 bits per heavy atom. The van der Waals surface area contributed by atoms with Gasteiger partial charge in [0.05, 0.1) is 20.7 Å². The third-order valence-electron chi connectivity index (χ3n) is 3.19. The minimum absolute atomic E-state index is 0.0705. The molecule has 1 unspecified atom stereocenters. The average Bonchev–Trinajstić information content (AvgIpc) is 2.27. The Kier molecular flexibility index (Phi) is 3.97. The monoisotopic (exact) mass is 288 g/mol. The number of hydrogen-bond donors (Lipinski definition) is 0. The van der Waals surface area contributed by atoms with E-state index in [0.29, 0.717) is 16.0 Å². The fourth-order valence-corrected chi connectivity index (χ4v) is 3.07. The zero-order valence-electron chi connectivity index (χ0n) is 10.0. The number of nitro benzene ring substituents is 1. The fraction of sp³-hybridized carbons (Fsp3) is 0.500. The Balaban J connectivity index is 2.36. The van der Waals surface area contributed by atoms with Crippen LogP contribution < -0.4 is 4.90 Å². The lowest BCUT2D eigenvalue weighted by atomic mass is 10.00. The summed E-state index contributed by atoms with van der Waals surface area (Å²) in [5, 5.41) is 11.4. The molecule has 0 amide bonds. The van der Waals surface area contributed by atoms with Crippen molar-refractivity contribution in [3.8, 4) is 0 Å². The van der Waals surface area contributed by atoms with Crippen molar-refractivity contribution in [3.05, 3.63) is 32.3 Å². The maximum absolute atomic E-state index is 10.7. The van der Waals surface area contributed by atoms with Crippen LogP contribution in [0.2, 0.25) is 10.0 Å². The van der Waals surface area contributed by atoms with E-state index in [4.69, 9.17) is 23.2 Å². The molecule has 6 heteroatoms. The second-order valence-electron chi connectivity index (χ2n) is 4.71. The summed E-state index contributed by atoms with van der Waals surface area (Å²) in [4.78, 5) is 12.3. The van der Waals surface area contributed by atoms with Crippen molar-refractivity contribution >= 4 is 34.6 Å². The molecule has 1 aliphatic rings. The van der Waals surface area contributed by atoms with Crippen LogP contribution in [-0.4, -0.2) is 18.0 Å². The minimum atomic E-state index is -0.486. The summed E-state index contributed by atoms with van der Waals surface area (Å²) >= 11 is 12.3. The van der Waals surface area contributed by atoms with Gasteiger partial charge in [-0.05, 0) is 18.8 Å². The molecular formula is C12H14Cl2N2O2. The molecule has 1 aromatic carbocycles. The highest BCUT2D eigenvalue weighted by Gasteiger charge is 2.23. The molecule has 0 spiro atoms. The van der Waals surface area contributed by atoms with Gasteiger partial charge in [-0.25, -0.2) is 0 Å². The normalized spacial score (nSPS) is 19.9. The molecule has 0 aromatic heterocycles. The molecule has 1 heterocycles. The van der Waals surface area contributed by atoms with E-state index >= 15 is 0 Å².